The second-order valence-electron chi connectivity index (χ2n) is 10.5. The average molecular weight is 532 g/mol. The second kappa shape index (κ2) is 11.7. The first-order valence-corrected chi connectivity index (χ1v) is 12.3. The molecule has 2 aromatic carbocycles. The van der Waals surface area contributed by atoms with Crippen LogP contribution in [0.25, 0.3) is 0 Å². The molecule has 0 heterocycles. The predicted octanol–water partition coefficient (Wildman–Crippen LogP) is 6.32. The smallest absolute Gasteiger partial charge is 0.406 e. The third kappa shape index (κ3) is 7.87. The van der Waals surface area contributed by atoms with Crippen LogP contribution in [0.2, 0.25) is 0 Å². The molecule has 0 bridgehead atoms. The Bertz CT molecular complexity index is 1160. The van der Waals surface area contributed by atoms with Gasteiger partial charge in [0.1, 0.15) is 5.75 Å². The minimum absolute atomic E-state index is 0.0448. The van der Waals surface area contributed by atoms with E-state index in [-0.39, 0.29) is 35.0 Å². The summed E-state index contributed by atoms with van der Waals surface area (Å²) >= 11 is 0. The first kappa shape index (κ1) is 28.8. The van der Waals surface area contributed by atoms with Crippen LogP contribution < -0.4 is 10.5 Å². The SMILES string of the molecule is CC(C)(C)C1CCC(N(Cc2ccc(C(=O)N=C(N)N=N)cc2)C(=O)c2ccc(OC(F)(F)F)cc2)CC1. The van der Waals surface area contributed by atoms with E-state index in [2.05, 4.69) is 35.6 Å². The molecule has 11 heteroatoms. The largest absolute Gasteiger partial charge is 0.573 e. The van der Waals surface area contributed by atoms with Crippen LogP contribution >= 0.6 is 0 Å². The normalized spacial score (nSPS) is 18.5. The molecule has 0 spiro atoms. The fourth-order valence-corrected chi connectivity index (χ4v) is 4.73. The Morgan fingerprint density at radius 2 is 1.53 bits per heavy atom. The monoisotopic (exact) mass is 531 g/mol. The molecular weight excluding hydrogens is 499 g/mol. The van der Waals surface area contributed by atoms with Gasteiger partial charge in [0.2, 0.25) is 5.96 Å². The third-order valence-electron chi connectivity index (χ3n) is 6.84. The Hall–Kier alpha value is -3.76. The molecule has 0 unspecified atom stereocenters. The topological polar surface area (TPSA) is 121 Å². The fraction of sp³-hybridized carbons (Fsp3) is 0.444. The van der Waals surface area contributed by atoms with E-state index in [1.165, 1.54) is 12.1 Å². The van der Waals surface area contributed by atoms with Crippen molar-refractivity contribution >= 4 is 17.8 Å². The molecule has 0 atom stereocenters. The van der Waals surface area contributed by atoms with Crippen LogP contribution in [0.5, 0.6) is 5.75 Å². The van der Waals surface area contributed by atoms with Crippen LogP contribution in [-0.4, -0.2) is 35.1 Å². The van der Waals surface area contributed by atoms with Crippen LogP contribution in [-0.2, 0) is 6.54 Å². The van der Waals surface area contributed by atoms with E-state index < -0.39 is 24.0 Å². The van der Waals surface area contributed by atoms with Crippen LogP contribution in [0.4, 0.5) is 13.2 Å². The number of benzene rings is 2. The van der Waals surface area contributed by atoms with Crippen molar-refractivity contribution in [2.45, 2.75) is 65.4 Å². The lowest BCUT2D eigenvalue weighted by Gasteiger charge is -2.41. The molecule has 8 nitrogen and oxygen atoms in total. The lowest BCUT2D eigenvalue weighted by atomic mass is 9.71. The molecule has 3 N–H and O–H groups in total. The van der Waals surface area contributed by atoms with Gasteiger partial charge in [-0.25, -0.2) is 5.53 Å². The van der Waals surface area contributed by atoms with Crippen LogP contribution in [0.1, 0.15) is 72.7 Å². The van der Waals surface area contributed by atoms with E-state index in [4.69, 9.17) is 11.3 Å². The minimum atomic E-state index is -4.82. The number of amides is 2. The van der Waals surface area contributed by atoms with Gasteiger partial charge >= 0.3 is 6.36 Å². The molecule has 1 aliphatic rings. The number of carbonyl (C=O) groups is 2. The summed E-state index contributed by atoms with van der Waals surface area (Å²) in [7, 11) is 0. The van der Waals surface area contributed by atoms with Crippen molar-refractivity contribution in [3.63, 3.8) is 0 Å². The summed E-state index contributed by atoms with van der Waals surface area (Å²) in [5, 5.41) is 2.90. The maximum Gasteiger partial charge on any atom is 0.573 e. The van der Waals surface area contributed by atoms with Crippen molar-refractivity contribution in [1.82, 2.24) is 4.90 Å². The highest BCUT2D eigenvalue weighted by atomic mass is 19.4. The number of nitrogens with one attached hydrogen (secondary N) is 1. The van der Waals surface area contributed by atoms with E-state index in [0.29, 0.717) is 5.92 Å². The fourth-order valence-electron chi connectivity index (χ4n) is 4.73. The van der Waals surface area contributed by atoms with E-state index in [0.717, 1.165) is 43.4 Å². The Morgan fingerprint density at radius 3 is 2.03 bits per heavy atom. The Morgan fingerprint density at radius 1 is 0.974 bits per heavy atom. The first-order chi connectivity index (χ1) is 17.8. The average Bonchev–Trinajstić information content (AvgIpc) is 2.86. The zero-order valence-electron chi connectivity index (χ0n) is 21.6. The van der Waals surface area contributed by atoms with Gasteiger partial charge in [0, 0.05) is 23.7 Å². The van der Waals surface area contributed by atoms with Crippen molar-refractivity contribution < 1.29 is 27.5 Å². The zero-order chi connectivity index (χ0) is 28.1. The van der Waals surface area contributed by atoms with Gasteiger partial charge in [0.05, 0.1) is 0 Å². The standard InChI is InChI=1S/C27H32F3N5O3/c1-26(2,3)20-10-12-21(13-11-20)35(24(37)19-8-14-22(15-9-19)38-27(28,29)30)16-17-4-6-18(7-5-17)23(36)33-25(31)34-32/h4-9,14-15,20-21,32H,10-13,16H2,1-3H3,(H2,31,33,36). The number of hydrogen-bond acceptors (Lipinski definition) is 4. The number of nitrogens with zero attached hydrogens (tertiary/aromatic N) is 3. The molecule has 2 aromatic rings. The number of alkyl halides is 3. The number of hydrogen-bond donors (Lipinski definition) is 2. The van der Waals surface area contributed by atoms with Crippen molar-refractivity contribution in [2.75, 3.05) is 0 Å². The number of aliphatic imine (C=N–C) groups is 1. The van der Waals surface area contributed by atoms with Crippen molar-refractivity contribution in [2.24, 2.45) is 27.2 Å². The summed E-state index contributed by atoms with van der Waals surface area (Å²) in [6, 6.07) is 11.4. The highest BCUT2D eigenvalue weighted by Gasteiger charge is 2.34. The van der Waals surface area contributed by atoms with Gasteiger partial charge in [-0.1, -0.05) is 32.9 Å². The maximum absolute atomic E-state index is 13.6. The number of nitrogens with two attached hydrogens (primary N) is 1. The molecule has 1 fully saturated rings. The van der Waals surface area contributed by atoms with Gasteiger partial charge in [0.15, 0.2) is 0 Å². The van der Waals surface area contributed by atoms with Crippen LogP contribution in [0.3, 0.4) is 0 Å². The van der Waals surface area contributed by atoms with Crippen molar-refractivity contribution in [3.8, 4) is 5.75 Å². The molecule has 1 aliphatic carbocycles. The Labute approximate surface area is 219 Å². The van der Waals surface area contributed by atoms with E-state index >= 15 is 0 Å². The lowest BCUT2D eigenvalue weighted by Crippen LogP contribution is -2.43. The number of rotatable bonds is 6. The molecule has 0 saturated heterocycles. The van der Waals surface area contributed by atoms with Gasteiger partial charge < -0.3 is 15.4 Å². The summed E-state index contributed by atoms with van der Waals surface area (Å²) < 4.78 is 41.6. The molecule has 204 valence electrons. The van der Waals surface area contributed by atoms with Gasteiger partial charge in [0.25, 0.3) is 11.8 Å². The molecule has 0 radical (unpaired) electrons. The van der Waals surface area contributed by atoms with Gasteiger partial charge in [-0.15, -0.1) is 18.3 Å². The summed E-state index contributed by atoms with van der Waals surface area (Å²) in [4.78, 5) is 31.0. The third-order valence-corrected chi connectivity index (χ3v) is 6.84. The lowest BCUT2D eigenvalue weighted by molar-refractivity contribution is -0.274. The molecular formula is C27H32F3N5O3. The molecule has 3 rings (SSSR count). The molecule has 2 amide bonds. The number of guanidine groups is 1. The van der Waals surface area contributed by atoms with E-state index in [9.17, 15) is 22.8 Å². The highest BCUT2D eigenvalue weighted by Crippen LogP contribution is 2.39. The van der Waals surface area contributed by atoms with Crippen molar-refractivity contribution in [3.05, 3.63) is 65.2 Å². The number of carbonyl (C=O) groups excluding carboxylic acids is 2. The Balaban J connectivity index is 1.83. The maximum atomic E-state index is 13.6. The molecule has 0 aliphatic heterocycles. The molecule has 0 aromatic heterocycles. The van der Waals surface area contributed by atoms with Crippen molar-refractivity contribution in [1.29, 1.82) is 5.53 Å². The van der Waals surface area contributed by atoms with E-state index in [1.807, 2.05) is 0 Å². The van der Waals surface area contributed by atoms with Crippen LogP contribution in [0, 0.1) is 16.9 Å². The number of ether oxygens (including phenoxy) is 1. The zero-order valence-corrected chi connectivity index (χ0v) is 21.6. The Kier molecular flexibility index (Phi) is 8.90. The number of halogens is 3. The van der Waals surface area contributed by atoms with E-state index in [1.54, 1.807) is 29.2 Å². The molecule has 1 saturated carbocycles. The summed E-state index contributed by atoms with van der Waals surface area (Å²) in [5.41, 5.74) is 13.6. The summed E-state index contributed by atoms with van der Waals surface area (Å²) in [5.74, 6) is -1.25. The first-order valence-electron chi connectivity index (χ1n) is 12.3. The van der Waals surface area contributed by atoms with Gasteiger partial charge in [-0.2, -0.15) is 4.99 Å². The molecule has 38 heavy (non-hydrogen) atoms. The summed E-state index contributed by atoms with van der Waals surface area (Å²) in [6.07, 6.45) is -1.27. The van der Waals surface area contributed by atoms with Gasteiger partial charge in [-0.05, 0) is 79.0 Å². The highest BCUT2D eigenvalue weighted by molar-refractivity contribution is 6.02. The second-order valence-corrected chi connectivity index (χ2v) is 10.5. The quantitative estimate of drug-likeness (QED) is 0.257. The minimum Gasteiger partial charge on any atom is -0.406 e. The summed E-state index contributed by atoms with van der Waals surface area (Å²) in [6.45, 7) is 6.89. The van der Waals surface area contributed by atoms with Gasteiger partial charge in [-0.3, -0.25) is 9.59 Å². The predicted molar refractivity (Wildman–Crippen MR) is 136 cm³/mol. The van der Waals surface area contributed by atoms with Crippen LogP contribution in [0.15, 0.2) is 58.6 Å².